The van der Waals surface area contributed by atoms with Crippen molar-refractivity contribution in [1.82, 2.24) is 10.2 Å². The van der Waals surface area contributed by atoms with Gasteiger partial charge in [0.25, 0.3) is 0 Å². The monoisotopic (exact) mass is 266 g/mol. The molecule has 1 aliphatic heterocycles. The van der Waals surface area contributed by atoms with Crippen molar-refractivity contribution in [2.45, 2.75) is 70.9 Å². The molecule has 0 bridgehead atoms. The molecular weight excluding hydrogens is 240 g/mol. The molecule has 0 aromatic rings. The number of hydrogen-bond acceptors (Lipinski definition) is 2. The number of amides is 2. The second-order valence-corrected chi connectivity index (χ2v) is 6.03. The molecule has 1 saturated carbocycles. The Bertz CT molecular complexity index is 337. The molecule has 0 radical (unpaired) electrons. The lowest BCUT2D eigenvalue weighted by Crippen LogP contribution is -2.50. The van der Waals surface area contributed by atoms with E-state index in [1.807, 2.05) is 11.8 Å². The van der Waals surface area contributed by atoms with Crippen molar-refractivity contribution in [1.29, 1.82) is 0 Å². The minimum absolute atomic E-state index is 0.0287. The molecule has 2 fully saturated rings. The van der Waals surface area contributed by atoms with Crippen LogP contribution >= 0.6 is 0 Å². The fourth-order valence-corrected chi connectivity index (χ4v) is 3.43. The molecule has 19 heavy (non-hydrogen) atoms. The molecule has 0 spiro atoms. The van der Waals surface area contributed by atoms with E-state index in [0.29, 0.717) is 12.3 Å². The van der Waals surface area contributed by atoms with Crippen LogP contribution in [0.4, 0.5) is 0 Å². The Morgan fingerprint density at radius 1 is 1.21 bits per heavy atom. The Kier molecular flexibility index (Phi) is 4.83. The zero-order valence-electron chi connectivity index (χ0n) is 12.2. The van der Waals surface area contributed by atoms with Gasteiger partial charge in [0.05, 0.1) is 0 Å². The van der Waals surface area contributed by atoms with Crippen LogP contribution in [-0.4, -0.2) is 35.3 Å². The van der Waals surface area contributed by atoms with Crippen LogP contribution in [0.1, 0.15) is 58.8 Å². The molecular formula is C15H26N2O2. The molecule has 2 atom stereocenters. The van der Waals surface area contributed by atoms with E-state index in [-0.39, 0.29) is 23.9 Å². The van der Waals surface area contributed by atoms with Crippen molar-refractivity contribution >= 4 is 11.8 Å². The summed E-state index contributed by atoms with van der Waals surface area (Å²) in [6.07, 6.45) is 7.18. The van der Waals surface area contributed by atoms with Crippen LogP contribution in [0.25, 0.3) is 0 Å². The van der Waals surface area contributed by atoms with E-state index >= 15 is 0 Å². The molecule has 1 aliphatic carbocycles. The summed E-state index contributed by atoms with van der Waals surface area (Å²) < 4.78 is 0. The van der Waals surface area contributed by atoms with Gasteiger partial charge in [-0.05, 0) is 32.1 Å². The van der Waals surface area contributed by atoms with Crippen LogP contribution in [0, 0.1) is 5.92 Å². The summed E-state index contributed by atoms with van der Waals surface area (Å²) in [5.74, 6) is 0.525. The quantitative estimate of drug-likeness (QED) is 0.850. The van der Waals surface area contributed by atoms with Gasteiger partial charge in [-0.25, -0.2) is 0 Å². The Hall–Kier alpha value is -1.06. The molecule has 2 aliphatic rings. The van der Waals surface area contributed by atoms with Crippen LogP contribution in [0.2, 0.25) is 0 Å². The average molecular weight is 266 g/mol. The van der Waals surface area contributed by atoms with Crippen LogP contribution in [0.5, 0.6) is 0 Å². The number of hydrogen-bond donors (Lipinski definition) is 1. The average Bonchev–Trinajstić information content (AvgIpc) is 2.51. The van der Waals surface area contributed by atoms with Gasteiger partial charge in [0.2, 0.25) is 11.8 Å². The maximum absolute atomic E-state index is 12.7. The van der Waals surface area contributed by atoms with E-state index in [4.69, 9.17) is 0 Å². The third-order valence-corrected chi connectivity index (χ3v) is 4.46. The number of rotatable bonds is 3. The van der Waals surface area contributed by atoms with Gasteiger partial charge in [-0.15, -0.1) is 0 Å². The number of carbonyl (C=O) groups is 2. The van der Waals surface area contributed by atoms with Crippen molar-refractivity contribution in [2.75, 3.05) is 6.54 Å². The fraction of sp³-hybridized carbons (Fsp3) is 0.867. The summed E-state index contributed by atoms with van der Waals surface area (Å²) >= 11 is 0. The number of carbonyl (C=O) groups excluding carboxylic acids is 2. The minimum atomic E-state index is -0.274. The summed E-state index contributed by atoms with van der Waals surface area (Å²) in [5.41, 5.74) is 0. The van der Waals surface area contributed by atoms with Crippen LogP contribution in [-0.2, 0) is 9.59 Å². The highest BCUT2D eigenvalue weighted by molar-refractivity contribution is 5.90. The first-order valence-corrected chi connectivity index (χ1v) is 7.73. The summed E-state index contributed by atoms with van der Waals surface area (Å²) in [6, 6.07) is -0.245. The lowest BCUT2D eigenvalue weighted by Gasteiger charge is -2.33. The Morgan fingerprint density at radius 3 is 2.53 bits per heavy atom. The normalized spacial score (nSPS) is 30.1. The van der Waals surface area contributed by atoms with Crippen LogP contribution in [0.3, 0.4) is 0 Å². The summed E-state index contributed by atoms with van der Waals surface area (Å²) in [5, 5.41) is 2.99. The molecule has 4 heteroatoms. The second kappa shape index (κ2) is 6.40. The predicted molar refractivity (Wildman–Crippen MR) is 74.6 cm³/mol. The van der Waals surface area contributed by atoms with Gasteiger partial charge in [-0.2, -0.15) is 0 Å². The summed E-state index contributed by atoms with van der Waals surface area (Å²) in [6.45, 7) is 4.82. The van der Waals surface area contributed by atoms with E-state index in [9.17, 15) is 9.59 Å². The summed E-state index contributed by atoms with van der Waals surface area (Å²) in [7, 11) is 0. The van der Waals surface area contributed by atoms with E-state index in [2.05, 4.69) is 12.2 Å². The molecule has 1 saturated heterocycles. The molecule has 2 unspecified atom stereocenters. The standard InChI is InChI=1S/C15H26N2O2/c1-3-9-17-11(2)10-13(18)16-14(15(17)19)12-7-5-4-6-8-12/h11-12,14H,3-10H2,1-2H3,(H,16,18). The molecule has 0 aromatic carbocycles. The van der Waals surface area contributed by atoms with Gasteiger partial charge in [-0.1, -0.05) is 26.2 Å². The molecule has 1 heterocycles. The Labute approximate surface area is 115 Å². The SMILES string of the molecule is CCCN1C(=O)C(C2CCCCC2)NC(=O)CC1C. The highest BCUT2D eigenvalue weighted by Gasteiger charge is 2.38. The second-order valence-electron chi connectivity index (χ2n) is 6.03. The predicted octanol–water partition coefficient (Wildman–Crippen LogP) is 2.08. The van der Waals surface area contributed by atoms with Crippen LogP contribution in [0.15, 0.2) is 0 Å². The molecule has 0 aromatic heterocycles. The first-order valence-electron chi connectivity index (χ1n) is 7.73. The smallest absolute Gasteiger partial charge is 0.245 e. The van der Waals surface area contributed by atoms with Crippen molar-refractivity contribution in [3.8, 4) is 0 Å². The summed E-state index contributed by atoms with van der Waals surface area (Å²) in [4.78, 5) is 26.6. The van der Waals surface area contributed by atoms with Gasteiger partial charge in [0, 0.05) is 19.0 Å². The fourth-order valence-electron chi connectivity index (χ4n) is 3.43. The van der Waals surface area contributed by atoms with Gasteiger partial charge in [0.15, 0.2) is 0 Å². The van der Waals surface area contributed by atoms with E-state index < -0.39 is 0 Å². The zero-order chi connectivity index (χ0) is 13.8. The lowest BCUT2D eigenvalue weighted by molar-refractivity contribution is -0.136. The molecule has 2 amide bonds. The van der Waals surface area contributed by atoms with Crippen molar-refractivity contribution < 1.29 is 9.59 Å². The largest absolute Gasteiger partial charge is 0.344 e. The first kappa shape index (κ1) is 14.4. The zero-order valence-corrected chi connectivity index (χ0v) is 12.2. The van der Waals surface area contributed by atoms with E-state index in [1.165, 1.54) is 19.3 Å². The highest BCUT2D eigenvalue weighted by Crippen LogP contribution is 2.29. The van der Waals surface area contributed by atoms with Gasteiger partial charge >= 0.3 is 0 Å². The third-order valence-electron chi connectivity index (χ3n) is 4.46. The Balaban J connectivity index is 2.15. The van der Waals surface area contributed by atoms with Crippen LogP contribution < -0.4 is 5.32 Å². The van der Waals surface area contributed by atoms with Gasteiger partial charge in [-0.3, -0.25) is 9.59 Å². The maximum atomic E-state index is 12.7. The molecule has 4 nitrogen and oxygen atoms in total. The van der Waals surface area contributed by atoms with Gasteiger partial charge < -0.3 is 10.2 Å². The van der Waals surface area contributed by atoms with Crippen molar-refractivity contribution in [2.24, 2.45) is 5.92 Å². The van der Waals surface area contributed by atoms with Crippen molar-refractivity contribution in [3.63, 3.8) is 0 Å². The number of nitrogens with zero attached hydrogens (tertiary/aromatic N) is 1. The van der Waals surface area contributed by atoms with E-state index in [1.54, 1.807) is 0 Å². The minimum Gasteiger partial charge on any atom is -0.344 e. The molecule has 1 N–H and O–H groups in total. The Morgan fingerprint density at radius 2 is 1.89 bits per heavy atom. The first-order chi connectivity index (χ1) is 9.13. The number of nitrogens with one attached hydrogen (secondary N) is 1. The third kappa shape index (κ3) is 3.28. The van der Waals surface area contributed by atoms with Gasteiger partial charge in [0.1, 0.15) is 6.04 Å². The van der Waals surface area contributed by atoms with Crippen molar-refractivity contribution in [3.05, 3.63) is 0 Å². The molecule has 2 rings (SSSR count). The van der Waals surface area contributed by atoms with E-state index in [0.717, 1.165) is 25.8 Å². The topological polar surface area (TPSA) is 49.4 Å². The maximum Gasteiger partial charge on any atom is 0.245 e. The molecule has 108 valence electrons. The lowest BCUT2D eigenvalue weighted by atomic mass is 9.83. The highest BCUT2D eigenvalue weighted by atomic mass is 16.2.